The number of nitrogen functional groups attached to an aromatic ring is 2. The molecule has 0 aliphatic rings. The van der Waals surface area contributed by atoms with Crippen LogP contribution in [0.25, 0.3) is 0 Å². The summed E-state index contributed by atoms with van der Waals surface area (Å²) in [6.07, 6.45) is -83.6. The second-order valence-electron chi connectivity index (χ2n) is 24.3. The zero-order valence-electron chi connectivity index (χ0n) is 66.7. The summed E-state index contributed by atoms with van der Waals surface area (Å²) in [7, 11) is 1.49. The summed E-state index contributed by atoms with van der Waals surface area (Å²) in [5, 5.41) is 11.9. The molecule has 0 aliphatic heterocycles. The van der Waals surface area contributed by atoms with Crippen molar-refractivity contribution in [3.63, 3.8) is 0 Å². The summed E-state index contributed by atoms with van der Waals surface area (Å²) in [5.41, 5.74) is 12.9. The number of carbonyl (C=O) groups excluding carboxylic acids is 9. The summed E-state index contributed by atoms with van der Waals surface area (Å²) in [5.74, 6) is -36.9. The van der Waals surface area contributed by atoms with Crippen LogP contribution in [0.2, 0.25) is 0 Å². The van der Waals surface area contributed by atoms with E-state index in [0.29, 0.717) is 46.4 Å². The minimum absolute atomic E-state index is 0. The van der Waals surface area contributed by atoms with Crippen LogP contribution in [0, 0.1) is 0 Å². The zero-order chi connectivity index (χ0) is 101. The number of rotatable bonds is 31. The van der Waals surface area contributed by atoms with Gasteiger partial charge in [-0.1, -0.05) is 61.5 Å². The summed E-state index contributed by atoms with van der Waals surface area (Å²) >= 11 is 20.4. The molecule has 0 aliphatic carbocycles. The van der Waals surface area contributed by atoms with Crippen LogP contribution < -0.4 is 101 Å². The number of alkyl halides is 32. The molecule has 0 saturated carbocycles. The van der Waals surface area contributed by atoms with E-state index in [9.17, 15) is 179 Å². The predicted octanol–water partition coefficient (Wildman–Crippen LogP) is 15.0. The normalized spacial score (nSPS) is 13.5. The van der Waals surface area contributed by atoms with Gasteiger partial charge >= 0.3 is 157 Å². The smallest absolute Gasteiger partial charge is 1.00 e. The fourth-order valence-corrected chi connectivity index (χ4v) is 8.89. The van der Waals surface area contributed by atoms with Crippen LogP contribution in [0.4, 0.5) is 169 Å². The van der Waals surface area contributed by atoms with Crippen molar-refractivity contribution >= 4 is 126 Å². The monoisotopic (exact) mass is 2050 g/mol. The van der Waals surface area contributed by atoms with Crippen LogP contribution in [-0.4, -0.2) is 155 Å². The molecule has 0 bridgehead atoms. The second-order valence-corrected chi connectivity index (χ2v) is 25.7. The van der Waals surface area contributed by atoms with E-state index in [4.69, 9.17) is 67.9 Å². The molecular weight excluding hydrogens is 2000 g/mol. The number of aryl methyl sites for hydroxylation is 1. The van der Waals surface area contributed by atoms with Crippen molar-refractivity contribution in [3.05, 3.63) is 208 Å². The Labute approximate surface area is 782 Å². The maximum absolute atomic E-state index is 14.4. The van der Waals surface area contributed by atoms with Gasteiger partial charge in [0.05, 0.1) is 0 Å². The Balaban J connectivity index is 0. The van der Waals surface area contributed by atoms with Crippen LogP contribution in [0.5, 0.6) is 11.5 Å². The van der Waals surface area contributed by atoms with Crippen molar-refractivity contribution < 1.29 is 283 Å². The number of carbonyl (C=O) groups is 9. The van der Waals surface area contributed by atoms with Gasteiger partial charge in [0.1, 0.15) is 11.5 Å². The number of ether oxygens (including phenoxy) is 6. The number of ketones is 2. The Morgan fingerprint density at radius 1 is 0.394 bits per heavy atom. The van der Waals surface area contributed by atoms with Gasteiger partial charge in [-0.2, -0.15) is 132 Å². The minimum Gasteiger partial charge on any atom is -1.00 e. The number of hydrogen-bond donors (Lipinski definition) is 5. The van der Waals surface area contributed by atoms with E-state index < -0.39 is 164 Å². The molecule has 0 aromatic heterocycles. The molecule has 0 fully saturated rings. The van der Waals surface area contributed by atoms with E-state index in [-0.39, 0.29) is 108 Å². The van der Waals surface area contributed by atoms with Crippen molar-refractivity contribution in [2.24, 2.45) is 0 Å². The minimum atomic E-state index is -7.86. The van der Waals surface area contributed by atoms with Gasteiger partial charge in [-0.15, -0.1) is 0 Å². The molecule has 7 aromatic rings. The molecule has 4 atom stereocenters. The molecule has 0 spiro atoms. The fraction of sp³-hybridized carbons (Fsp3) is 0.292. The summed E-state index contributed by atoms with van der Waals surface area (Å²) in [4.78, 5) is 103. The SMILES string of the molecule is CCc1cccc(NC(=O)c2cccc(C(C)=O)c2)c1.CNc1cccc(NC(=O)c2cc(OC(F)(F)C(F)OC(F)(F)C(F)(OC(F)(F)C(F)(F)C(F)(F)F)C(F)(F)F)cc(C(C)=O)c2)c1.Nc1cccc(N)c1.O=C(Cl)c1cc(OC(F)(F)C(F)OC(F)(F)C(F)(OC(F)(F)C(F)(F)C(F)(F)F)C(F)(F)F)cc(C(=O)Cl)c1.O=C(Cl)c1cccc(C(=O)Cl)c1.O=CO[O-].[H-].[Na+].[Na+]. The van der Waals surface area contributed by atoms with E-state index in [1.165, 1.54) is 71.5 Å². The maximum atomic E-state index is 14.4. The van der Waals surface area contributed by atoms with E-state index in [1.807, 2.05) is 30.3 Å². The van der Waals surface area contributed by atoms with E-state index >= 15 is 0 Å². The first-order chi connectivity index (χ1) is 58.9. The van der Waals surface area contributed by atoms with Gasteiger partial charge in [0.15, 0.2) is 11.6 Å². The molecule has 4 unspecified atom stereocenters. The third-order valence-electron chi connectivity index (χ3n) is 14.7. The van der Waals surface area contributed by atoms with Gasteiger partial charge in [-0.25, -0.2) is 8.78 Å². The van der Waals surface area contributed by atoms with Crippen LogP contribution in [0.15, 0.2) is 158 Å². The molecule has 2 amide bonds. The van der Waals surface area contributed by atoms with Gasteiger partial charge in [0.25, 0.3) is 39.3 Å². The number of Topliss-reactive ketones (excluding diaryl/α,β-unsaturated/α-hetero) is 2. The Kier molecular flexibility index (Phi) is 45.3. The number of hydrogen-bond acceptors (Lipinski definition) is 20. The Morgan fingerprint density at radius 2 is 0.689 bits per heavy atom. The number of benzene rings is 7. The van der Waals surface area contributed by atoms with Gasteiger partial charge < -0.3 is 48.5 Å². The van der Waals surface area contributed by atoms with Crippen LogP contribution in [-0.2, 0) is 35.1 Å². The maximum Gasteiger partial charge on any atom is 1.00 e. The summed E-state index contributed by atoms with van der Waals surface area (Å²) < 4.78 is 438. The predicted molar refractivity (Wildman–Crippen MR) is 385 cm³/mol. The van der Waals surface area contributed by atoms with Gasteiger partial charge in [-0.05, 0) is 175 Å². The van der Waals surface area contributed by atoms with Crippen molar-refractivity contribution in [2.75, 3.05) is 34.5 Å². The molecule has 60 heteroatoms. The molecule has 0 saturated heterocycles. The van der Waals surface area contributed by atoms with Gasteiger partial charge in [-0.3, -0.25) is 62.1 Å². The van der Waals surface area contributed by atoms with Crippen molar-refractivity contribution in [2.45, 2.75) is 125 Å². The van der Waals surface area contributed by atoms with Gasteiger partial charge in [0.2, 0.25) is 0 Å². The standard InChI is InChI=1S/C24H16F16N2O5.C17H17NO2.C16H4Cl2F16O5.C8H4Cl2O2.C6H8N2.CH2O3.2Na.H/c1-10(43)11-6-12(16(44)42-14-5-3-4-13(9-14)41-2)8-15(7-11)45-18(26,27)17(25)46-24(39,40)20(30,22(34,35)36)47-23(37,38)19(28,29)21(31,32)33;1-3-13-6-4-9-16(10-13)18-17(20)15-8-5-7-14(11-15)12(2)19;17-7(35)4-1-5(8(18)36)3-6(2-4)37-10(20,21)9(19)38-16(33,34)12(24,14(28,29)30)39-15(31,32)11(22,23)13(25,26)27;9-7(11)5-2-1-3-6(4-5)8(10)12;7-5-2-1-3-6(8)4-5;2-1-4-3;;;/h3-9,17,41H,1-2H3,(H,42,44);4-11H,3H2,1-2H3,(H,18,20);1-3,9H;1-4H;1-4H,7-8H2;1,3H;;;/q;;;;;;2*+1;-1/p-1. The fourth-order valence-electron chi connectivity index (χ4n) is 8.44. The molecule has 0 heterocycles. The molecule has 132 heavy (non-hydrogen) atoms. The number of halogens is 36. The van der Waals surface area contributed by atoms with Crippen molar-refractivity contribution in [1.82, 2.24) is 0 Å². The van der Waals surface area contributed by atoms with E-state index in [1.54, 1.807) is 48.5 Å². The third kappa shape index (κ3) is 33.9. The molecule has 7 aromatic carbocycles. The number of amides is 2. The molecule has 7 rings (SSSR count). The summed E-state index contributed by atoms with van der Waals surface area (Å²) in [6, 6.07) is 35.3. The van der Waals surface area contributed by atoms with Crippen molar-refractivity contribution in [1.29, 1.82) is 0 Å². The number of nitrogens with one attached hydrogen (secondary N) is 3. The topological polar surface area (TPSA) is 329 Å². The average Bonchev–Trinajstić information content (AvgIpc) is 0.732. The van der Waals surface area contributed by atoms with Crippen LogP contribution in [0.3, 0.4) is 0 Å². The Morgan fingerprint density at radius 3 is 1.02 bits per heavy atom. The van der Waals surface area contributed by atoms with E-state index in [2.05, 4.69) is 46.7 Å². The van der Waals surface area contributed by atoms with Gasteiger partial charge in [0, 0.05) is 80.0 Å². The van der Waals surface area contributed by atoms with Crippen LogP contribution in [0.1, 0.15) is 111 Å². The molecule has 22 nitrogen and oxygen atoms in total. The first-order valence-electron chi connectivity index (χ1n) is 33.2. The largest absolute Gasteiger partial charge is 1.00 e. The summed E-state index contributed by atoms with van der Waals surface area (Å²) in [6.45, 7) is 4.16. The zero-order valence-corrected chi connectivity index (χ0v) is 72.7. The first-order valence-corrected chi connectivity index (χ1v) is 34.7. The van der Waals surface area contributed by atoms with Crippen LogP contribution >= 0.6 is 46.4 Å². The Hall–Kier alpha value is -9.31. The molecular formula is C72H51Cl4F32N5Na2O17. The molecule has 0 radical (unpaired) electrons. The average molecular weight is 2050 g/mol. The van der Waals surface area contributed by atoms with Crippen molar-refractivity contribution in [3.8, 4) is 11.5 Å². The Bertz CT molecular complexity index is 5080. The second kappa shape index (κ2) is 48.7. The number of nitrogens with two attached hydrogens (primary N) is 2. The third-order valence-corrected chi connectivity index (χ3v) is 15.6. The van der Waals surface area contributed by atoms with E-state index in [0.717, 1.165) is 25.1 Å². The molecule has 720 valence electrons. The quantitative estimate of drug-likeness (QED) is 0.00394. The molecule has 7 N–H and O–H groups in total. The number of anilines is 5. The first kappa shape index (κ1) is 123.